The van der Waals surface area contributed by atoms with Crippen molar-refractivity contribution in [1.29, 1.82) is 0 Å². The molecule has 0 aliphatic rings. The molecule has 0 aliphatic heterocycles. The van der Waals surface area contributed by atoms with Crippen LogP contribution >= 0.6 is 22.6 Å². The number of azide groups is 1. The second kappa shape index (κ2) is 11.1. The van der Waals surface area contributed by atoms with Crippen LogP contribution in [0, 0.1) is 3.57 Å². The van der Waals surface area contributed by atoms with Crippen LogP contribution in [0.2, 0.25) is 0 Å². The molecule has 0 saturated carbocycles. The minimum atomic E-state index is -1.19. The van der Waals surface area contributed by atoms with Crippen LogP contribution < -0.4 is 28.7 Å². The van der Waals surface area contributed by atoms with E-state index < -0.39 is 12.1 Å². The molecule has 0 fully saturated rings. The number of nitrogens with zero attached hydrogens (tertiary/aromatic N) is 3. The summed E-state index contributed by atoms with van der Waals surface area (Å²) in [5.74, 6) is -0.603. The smallest absolute Gasteiger partial charge is 0.550 e. The molecular weight excluding hydrogens is 444 g/mol. The molecule has 0 spiro atoms. The number of carboxylic acid groups (broad SMARTS) is 1. The van der Waals surface area contributed by atoms with E-state index in [9.17, 15) is 15.0 Å². The average molecular weight is 459 g/mol. The molecule has 2 aromatic carbocycles. The number of aliphatic carboxylic acids is 1. The van der Waals surface area contributed by atoms with Crippen molar-refractivity contribution in [2.24, 2.45) is 5.11 Å². The van der Waals surface area contributed by atoms with Crippen molar-refractivity contribution in [2.45, 2.75) is 25.6 Å². The van der Waals surface area contributed by atoms with Crippen molar-refractivity contribution < 1.29 is 38.6 Å². The number of carbonyl (C=O) groups is 1. The Morgan fingerprint density at radius 2 is 2.00 bits per heavy atom. The standard InChI is InChI=1S/C17H16IN3O4.Li/c18-13-3-6-15(20-21-19)12(9-13)10-25-14-4-1-11(2-5-14)16(22)7-8-17(23)24;/h1-6,9,16,22H,7-8,10H2,(H,23,24);/q;+1/p-1. The summed E-state index contributed by atoms with van der Waals surface area (Å²) in [6.45, 7) is 0.234. The molecule has 0 saturated heterocycles. The van der Waals surface area contributed by atoms with Gasteiger partial charge in [-0.3, -0.25) is 0 Å². The van der Waals surface area contributed by atoms with Crippen molar-refractivity contribution in [3.63, 3.8) is 0 Å². The predicted molar refractivity (Wildman–Crippen MR) is 97.9 cm³/mol. The molecule has 2 rings (SSSR count). The minimum absolute atomic E-state index is 0. The number of hydrogen-bond donors (Lipinski definition) is 1. The van der Waals surface area contributed by atoms with Gasteiger partial charge in [-0.05, 0) is 76.4 Å². The van der Waals surface area contributed by atoms with Gasteiger partial charge >= 0.3 is 18.9 Å². The number of rotatable bonds is 8. The van der Waals surface area contributed by atoms with Crippen LogP contribution in [0.1, 0.15) is 30.1 Å². The summed E-state index contributed by atoms with van der Waals surface area (Å²) in [6.07, 6.45) is -0.964. The first-order valence-electron chi connectivity index (χ1n) is 7.44. The fraction of sp³-hybridized carbons (Fsp3) is 0.235. The Balaban J connectivity index is 0.00000338. The summed E-state index contributed by atoms with van der Waals surface area (Å²) in [5, 5.41) is 24.0. The normalized spacial score (nSPS) is 11.0. The number of aliphatic hydroxyl groups excluding tert-OH is 1. The molecule has 1 N–H and O–H groups in total. The summed E-state index contributed by atoms with van der Waals surface area (Å²) in [4.78, 5) is 13.2. The molecule has 0 amide bonds. The van der Waals surface area contributed by atoms with Crippen LogP contribution in [0.25, 0.3) is 10.4 Å². The fourth-order valence-corrected chi connectivity index (χ4v) is 2.74. The first-order valence-corrected chi connectivity index (χ1v) is 8.51. The molecule has 130 valence electrons. The van der Waals surface area contributed by atoms with Crippen molar-refractivity contribution in [3.8, 4) is 5.75 Å². The van der Waals surface area contributed by atoms with Gasteiger partial charge < -0.3 is 19.7 Å². The van der Waals surface area contributed by atoms with Crippen molar-refractivity contribution in [3.05, 3.63) is 67.6 Å². The van der Waals surface area contributed by atoms with E-state index in [-0.39, 0.29) is 38.3 Å². The Morgan fingerprint density at radius 1 is 1.31 bits per heavy atom. The molecule has 1 atom stereocenters. The van der Waals surface area contributed by atoms with Crippen LogP contribution in [-0.2, 0) is 11.4 Å². The van der Waals surface area contributed by atoms with Gasteiger partial charge in [-0.2, -0.15) is 0 Å². The Morgan fingerprint density at radius 3 is 2.62 bits per heavy atom. The van der Waals surface area contributed by atoms with Gasteiger partial charge in [0.25, 0.3) is 0 Å². The SMILES string of the molecule is [Li+].[N-]=[N+]=Nc1ccc(I)cc1COc1ccc(C(O)CCC(=O)[O-])cc1. The molecule has 26 heavy (non-hydrogen) atoms. The second-order valence-electron chi connectivity index (χ2n) is 5.25. The maximum Gasteiger partial charge on any atom is 1.00 e. The number of hydrogen-bond acceptors (Lipinski definition) is 5. The Labute approximate surface area is 176 Å². The number of aliphatic hydroxyl groups is 1. The Hall–Kier alpha value is -1.69. The summed E-state index contributed by atoms with van der Waals surface area (Å²) >= 11 is 2.16. The minimum Gasteiger partial charge on any atom is -0.550 e. The molecule has 7 nitrogen and oxygen atoms in total. The maximum absolute atomic E-state index is 10.4. The van der Waals surface area contributed by atoms with Gasteiger partial charge in [0, 0.05) is 20.1 Å². The Bertz CT molecular complexity index is 795. The first kappa shape index (κ1) is 22.3. The number of benzene rings is 2. The third kappa shape index (κ3) is 6.90. The molecule has 1 unspecified atom stereocenters. The zero-order valence-corrected chi connectivity index (χ0v) is 16.3. The molecule has 0 aliphatic carbocycles. The average Bonchev–Trinajstić information content (AvgIpc) is 2.60. The molecule has 0 bridgehead atoms. The number of ether oxygens (including phenoxy) is 1. The van der Waals surface area contributed by atoms with Crippen LogP contribution in [0.15, 0.2) is 47.6 Å². The van der Waals surface area contributed by atoms with E-state index in [0.29, 0.717) is 17.0 Å². The predicted octanol–water partition coefficient (Wildman–Crippen LogP) is 0.379. The van der Waals surface area contributed by atoms with E-state index in [0.717, 1.165) is 9.13 Å². The van der Waals surface area contributed by atoms with Crippen LogP contribution in [0.5, 0.6) is 5.75 Å². The summed E-state index contributed by atoms with van der Waals surface area (Å²) < 4.78 is 6.69. The number of carboxylic acids is 1. The molecular formula is C17H15ILiN3O4. The van der Waals surface area contributed by atoms with Gasteiger partial charge in [-0.15, -0.1) is 0 Å². The van der Waals surface area contributed by atoms with E-state index in [1.165, 1.54) is 0 Å². The monoisotopic (exact) mass is 459 g/mol. The first-order chi connectivity index (χ1) is 12.0. The van der Waals surface area contributed by atoms with Gasteiger partial charge in [0.2, 0.25) is 0 Å². The molecule has 9 heteroatoms. The van der Waals surface area contributed by atoms with E-state index in [2.05, 4.69) is 32.6 Å². The largest absolute Gasteiger partial charge is 1.00 e. The maximum atomic E-state index is 10.4. The third-order valence-electron chi connectivity index (χ3n) is 3.48. The van der Waals surface area contributed by atoms with Gasteiger partial charge in [-0.1, -0.05) is 23.3 Å². The van der Waals surface area contributed by atoms with E-state index in [1.54, 1.807) is 30.3 Å². The van der Waals surface area contributed by atoms with Crippen molar-refractivity contribution in [1.82, 2.24) is 0 Å². The van der Waals surface area contributed by atoms with Crippen LogP contribution in [-0.4, -0.2) is 11.1 Å². The fourth-order valence-electron chi connectivity index (χ4n) is 2.18. The summed E-state index contributed by atoms with van der Waals surface area (Å²) in [6, 6.07) is 12.2. The number of halogens is 1. The van der Waals surface area contributed by atoms with Crippen molar-refractivity contribution >= 4 is 34.2 Å². The third-order valence-corrected chi connectivity index (χ3v) is 4.15. The topological polar surface area (TPSA) is 118 Å². The van der Waals surface area contributed by atoms with Crippen LogP contribution in [0.3, 0.4) is 0 Å². The zero-order valence-electron chi connectivity index (χ0n) is 14.1. The summed E-state index contributed by atoms with van der Waals surface area (Å²) in [7, 11) is 0. The molecule has 0 radical (unpaired) electrons. The van der Waals surface area contributed by atoms with Gasteiger partial charge in [0.1, 0.15) is 12.4 Å². The van der Waals surface area contributed by atoms with Crippen LogP contribution in [0.4, 0.5) is 5.69 Å². The van der Waals surface area contributed by atoms with Crippen molar-refractivity contribution in [2.75, 3.05) is 0 Å². The summed E-state index contributed by atoms with van der Waals surface area (Å²) in [5.41, 5.74) is 10.5. The zero-order chi connectivity index (χ0) is 18.2. The van der Waals surface area contributed by atoms with Gasteiger partial charge in [0.05, 0.1) is 6.10 Å². The Kier molecular flexibility index (Phi) is 9.55. The van der Waals surface area contributed by atoms with E-state index in [4.69, 9.17) is 10.3 Å². The van der Waals surface area contributed by atoms with E-state index in [1.807, 2.05) is 12.1 Å². The van der Waals surface area contributed by atoms with Gasteiger partial charge in [0.15, 0.2) is 0 Å². The van der Waals surface area contributed by atoms with E-state index >= 15 is 0 Å². The number of carbonyl (C=O) groups excluding carboxylic acids is 1. The van der Waals surface area contributed by atoms with Gasteiger partial charge in [-0.25, -0.2) is 0 Å². The quantitative estimate of drug-likeness (QED) is 0.202. The molecule has 0 aromatic heterocycles. The second-order valence-corrected chi connectivity index (χ2v) is 6.49. The molecule has 2 aromatic rings. The molecule has 0 heterocycles.